The van der Waals surface area contributed by atoms with Crippen LogP contribution in [0.1, 0.15) is 29.6 Å². The molecule has 1 aliphatic carbocycles. The first-order valence-corrected chi connectivity index (χ1v) is 10.6. The van der Waals surface area contributed by atoms with E-state index in [-0.39, 0.29) is 28.8 Å². The SMILES string of the molecule is O=C(Nc1ccc(F)c(F)c1)[C@@H]1CC12CCN(C(=O)c1ccc(-n3ccnc3)cc1)CC2. The van der Waals surface area contributed by atoms with Gasteiger partial charge in [-0.2, -0.15) is 0 Å². The highest BCUT2D eigenvalue weighted by molar-refractivity contribution is 5.96. The molecule has 1 aromatic heterocycles. The van der Waals surface area contributed by atoms with Crippen LogP contribution in [0.3, 0.4) is 0 Å². The van der Waals surface area contributed by atoms with Gasteiger partial charge in [0, 0.05) is 54.4 Å². The molecule has 0 unspecified atom stereocenters. The molecule has 2 aliphatic rings. The van der Waals surface area contributed by atoms with Crippen LogP contribution < -0.4 is 5.32 Å². The predicted octanol–water partition coefficient (Wildman–Crippen LogP) is 4.03. The Morgan fingerprint density at radius 1 is 1.03 bits per heavy atom. The maximum atomic E-state index is 13.4. The Morgan fingerprint density at radius 2 is 1.78 bits per heavy atom. The molecule has 1 spiro atoms. The highest BCUT2D eigenvalue weighted by Crippen LogP contribution is 2.59. The first-order chi connectivity index (χ1) is 15.4. The summed E-state index contributed by atoms with van der Waals surface area (Å²) >= 11 is 0. The van der Waals surface area contributed by atoms with Gasteiger partial charge in [0.25, 0.3) is 5.91 Å². The van der Waals surface area contributed by atoms with Gasteiger partial charge >= 0.3 is 0 Å². The van der Waals surface area contributed by atoms with Crippen molar-refractivity contribution in [2.75, 3.05) is 18.4 Å². The van der Waals surface area contributed by atoms with E-state index in [0.29, 0.717) is 18.7 Å². The van der Waals surface area contributed by atoms with Gasteiger partial charge in [0.2, 0.25) is 5.91 Å². The third-order valence-corrected chi connectivity index (χ3v) is 6.66. The lowest BCUT2D eigenvalue weighted by molar-refractivity contribution is -0.118. The molecule has 3 aromatic rings. The zero-order chi connectivity index (χ0) is 22.3. The first kappa shape index (κ1) is 20.4. The van der Waals surface area contributed by atoms with Crippen LogP contribution in [0.5, 0.6) is 0 Å². The van der Waals surface area contributed by atoms with E-state index in [1.807, 2.05) is 39.9 Å². The number of likely N-dealkylation sites (tertiary alicyclic amines) is 1. The fourth-order valence-corrected chi connectivity index (χ4v) is 4.60. The minimum Gasteiger partial charge on any atom is -0.339 e. The number of rotatable bonds is 4. The van der Waals surface area contributed by atoms with Gasteiger partial charge in [0.1, 0.15) is 0 Å². The van der Waals surface area contributed by atoms with Gasteiger partial charge in [0.05, 0.1) is 6.33 Å². The summed E-state index contributed by atoms with van der Waals surface area (Å²) in [4.78, 5) is 31.4. The Hall–Kier alpha value is -3.55. The average molecular weight is 436 g/mol. The third kappa shape index (κ3) is 3.77. The number of benzene rings is 2. The molecule has 0 bridgehead atoms. The molecule has 1 saturated heterocycles. The molecule has 1 N–H and O–H groups in total. The Morgan fingerprint density at radius 3 is 2.44 bits per heavy atom. The van der Waals surface area contributed by atoms with Crippen LogP contribution in [-0.2, 0) is 4.79 Å². The van der Waals surface area contributed by atoms with Gasteiger partial charge in [-0.3, -0.25) is 9.59 Å². The number of anilines is 1. The van der Waals surface area contributed by atoms with Crippen LogP contribution in [0, 0.1) is 23.0 Å². The zero-order valence-electron chi connectivity index (χ0n) is 17.3. The topological polar surface area (TPSA) is 67.2 Å². The molecule has 1 atom stereocenters. The van der Waals surface area contributed by atoms with Crippen LogP contribution in [0.25, 0.3) is 5.69 Å². The Bertz CT molecular complexity index is 1150. The number of piperidine rings is 1. The van der Waals surface area contributed by atoms with E-state index in [9.17, 15) is 18.4 Å². The van der Waals surface area contributed by atoms with Crippen molar-refractivity contribution in [1.82, 2.24) is 14.5 Å². The normalized spacial score (nSPS) is 19.1. The summed E-state index contributed by atoms with van der Waals surface area (Å²) in [5.41, 5.74) is 1.71. The molecule has 1 saturated carbocycles. The van der Waals surface area contributed by atoms with Gasteiger partial charge in [-0.25, -0.2) is 13.8 Å². The number of nitrogens with zero attached hydrogens (tertiary/aromatic N) is 3. The number of nitrogens with one attached hydrogen (secondary N) is 1. The van der Waals surface area contributed by atoms with Crippen molar-refractivity contribution in [1.29, 1.82) is 0 Å². The van der Waals surface area contributed by atoms with Gasteiger partial charge in [0.15, 0.2) is 11.6 Å². The number of halogens is 2. The van der Waals surface area contributed by atoms with Crippen LogP contribution in [0.4, 0.5) is 14.5 Å². The van der Waals surface area contributed by atoms with Gasteiger partial charge in [-0.1, -0.05) is 0 Å². The number of hydrogen-bond acceptors (Lipinski definition) is 3. The second-order valence-corrected chi connectivity index (χ2v) is 8.55. The second-order valence-electron chi connectivity index (χ2n) is 8.55. The van der Waals surface area contributed by atoms with Gasteiger partial charge < -0.3 is 14.8 Å². The molecule has 8 heteroatoms. The molecule has 0 radical (unpaired) electrons. The van der Waals surface area contributed by atoms with Crippen LogP contribution in [0.2, 0.25) is 0 Å². The minimum absolute atomic E-state index is 0.0135. The van der Waals surface area contributed by atoms with Gasteiger partial charge in [-0.15, -0.1) is 0 Å². The number of imidazole rings is 1. The standard InChI is InChI=1S/C24H22F2N4O2/c25-20-6-3-17(13-21(20)26)28-22(31)19-14-24(19)7-10-29(11-8-24)23(32)16-1-4-18(5-2-16)30-12-9-27-15-30/h1-6,9,12-13,15,19H,7-8,10-11,14H2,(H,28,31)/t19-/m0/s1. The zero-order valence-corrected chi connectivity index (χ0v) is 17.3. The van der Waals surface area contributed by atoms with Crippen molar-refractivity contribution in [3.05, 3.63) is 78.4 Å². The maximum absolute atomic E-state index is 13.4. The molecular weight excluding hydrogens is 414 g/mol. The lowest BCUT2D eigenvalue weighted by Gasteiger charge is -2.33. The number of amides is 2. The molecule has 164 valence electrons. The minimum atomic E-state index is -0.988. The molecule has 2 amide bonds. The Balaban J connectivity index is 1.17. The molecule has 6 nitrogen and oxygen atoms in total. The van der Waals surface area contributed by atoms with Crippen molar-refractivity contribution >= 4 is 17.5 Å². The first-order valence-electron chi connectivity index (χ1n) is 10.6. The highest BCUT2D eigenvalue weighted by Gasteiger charge is 2.58. The summed E-state index contributed by atoms with van der Waals surface area (Å²) in [5.74, 6) is -2.29. The third-order valence-electron chi connectivity index (χ3n) is 6.66. The Labute approximate surface area is 183 Å². The fraction of sp³-hybridized carbons (Fsp3) is 0.292. The van der Waals surface area contributed by atoms with E-state index >= 15 is 0 Å². The lowest BCUT2D eigenvalue weighted by Crippen LogP contribution is -2.40. The number of carbonyl (C=O) groups is 2. The van der Waals surface area contributed by atoms with Crippen LogP contribution in [-0.4, -0.2) is 39.4 Å². The molecule has 2 fully saturated rings. The predicted molar refractivity (Wildman–Crippen MR) is 114 cm³/mol. The summed E-state index contributed by atoms with van der Waals surface area (Å²) in [7, 11) is 0. The maximum Gasteiger partial charge on any atom is 0.253 e. The van der Waals surface area contributed by atoms with Crippen molar-refractivity contribution in [2.45, 2.75) is 19.3 Å². The molecule has 2 heterocycles. The number of hydrogen-bond donors (Lipinski definition) is 1. The van der Waals surface area contributed by atoms with E-state index < -0.39 is 11.6 Å². The van der Waals surface area contributed by atoms with E-state index in [1.54, 1.807) is 12.5 Å². The monoisotopic (exact) mass is 436 g/mol. The summed E-state index contributed by atoms with van der Waals surface area (Å²) in [5, 5.41) is 2.69. The average Bonchev–Trinajstić information content (AvgIpc) is 3.23. The van der Waals surface area contributed by atoms with Crippen molar-refractivity contribution < 1.29 is 18.4 Å². The number of aromatic nitrogens is 2. The van der Waals surface area contributed by atoms with Crippen molar-refractivity contribution in [3.63, 3.8) is 0 Å². The van der Waals surface area contributed by atoms with E-state index in [2.05, 4.69) is 10.3 Å². The van der Waals surface area contributed by atoms with Gasteiger partial charge in [-0.05, 0) is 61.1 Å². The number of carbonyl (C=O) groups excluding carboxylic acids is 2. The second kappa shape index (κ2) is 7.85. The molecular formula is C24H22F2N4O2. The largest absolute Gasteiger partial charge is 0.339 e. The van der Waals surface area contributed by atoms with Crippen molar-refractivity contribution in [2.24, 2.45) is 11.3 Å². The summed E-state index contributed by atoms with van der Waals surface area (Å²) in [6.45, 7) is 1.19. The Kier molecular flexibility index (Phi) is 5.00. The fourth-order valence-electron chi connectivity index (χ4n) is 4.60. The van der Waals surface area contributed by atoms with Crippen LogP contribution in [0.15, 0.2) is 61.2 Å². The lowest BCUT2D eigenvalue weighted by atomic mass is 9.90. The van der Waals surface area contributed by atoms with Crippen molar-refractivity contribution in [3.8, 4) is 5.69 Å². The molecule has 32 heavy (non-hydrogen) atoms. The van der Waals surface area contributed by atoms with E-state index in [4.69, 9.17) is 0 Å². The summed E-state index contributed by atoms with van der Waals surface area (Å²) in [6, 6.07) is 10.8. The molecule has 5 rings (SSSR count). The summed E-state index contributed by atoms with van der Waals surface area (Å²) < 4.78 is 28.3. The van der Waals surface area contributed by atoms with E-state index in [0.717, 1.165) is 37.1 Å². The van der Waals surface area contributed by atoms with Crippen LogP contribution >= 0.6 is 0 Å². The molecule has 1 aliphatic heterocycles. The highest BCUT2D eigenvalue weighted by atomic mass is 19.2. The smallest absolute Gasteiger partial charge is 0.253 e. The molecule has 2 aromatic carbocycles. The quantitative estimate of drug-likeness (QED) is 0.672. The van der Waals surface area contributed by atoms with E-state index in [1.165, 1.54) is 6.07 Å². The summed E-state index contributed by atoms with van der Waals surface area (Å²) in [6.07, 6.45) is 7.50.